The summed E-state index contributed by atoms with van der Waals surface area (Å²) in [6.45, 7) is 6.61. The molecule has 10 heteroatoms. The van der Waals surface area contributed by atoms with Crippen molar-refractivity contribution >= 4 is 21.8 Å². The van der Waals surface area contributed by atoms with E-state index < -0.39 is 23.8 Å². The van der Waals surface area contributed by atoms with E-state index >= 15 is 0 Å². The number of carbonyl (C=O) groups is 1. The van der Waals surface area contributed by atoms with Gasteiger partial charge in [0, 0.05) is 6.92 Å². The number of methoxy groups -OCH3 is 2. The third-order valence-corrected chi connectivity index (χ3v) is 3.79. The number of hydrogen-bond acceptors (Lipinski definition) is 8. The molecule has 0 saturated carbocycles. The zero-order valence-electron chi connectivity index (χ0n) is 15.6. The van der Waals surface area contributed by atoms with Crippen molar-refractivity contribution in [2.24, 2.45) is 0 Å². The van der Waals surface area contributed by atoms with Crippen LogP contribution in [0.2, 0.25) is 0 Å². The molecule has 0 bridgehead atoms. The fourth-order valence-corrected chi connectivity index (χ4v) is 2.55. The maximum atomic E-state index is 11.0. The topological polar surface area (TPSA) is 141 Å². The van der Waals surface area contributed by atoms with E-state index in [1.165, 1.54) is 40.2 Å². The largest absolute Gasteiger partial charge is 0.496 e. The summed E-state index contributed by atoms with van der Waals surface area (Å²) < 4.78 is 10.6. The first-order chi connectivity index (χ1) is 12.0. The third kappa shape index (κ3) is 5.79. The van der Waals surface area contributed by atoms with Crippen LogP contribution in [0.1, 0.15) is 33.3 Å². The molecule has 9 nitrogen and oxygen atoms in total. The monoisotopic (exact) mass is 438 g/mol. The predicted octanol–water partition coefficient (Wildman–Crippen LogP) is 0.340. The van der Waals surface area contributed by atoms with Crippen LogP contribution in [0.4, 0.5) is 0 Å². The fraction of sp³-hybridized carbons (Fsp3) is 0.562. The molecule has 1 amide bonds. The maximum Gasteiger partial charge on any atom is 0.285 e. The van der Waals surface area contributed by atoms with Gasteiger partial charge in [-0.25, -0.2) is 5.32 Å². The Hall–Kier alpha value is -1.43. The average Bonchev–Trinajstić information content (AvgIpc) is 2.54. The quantitative estimate of drug-likeness (QED) is 0.334. The van der Waals surface area contributed by atoms with Crippen molar-refractivity contribution in [2.75, 3.05) is 14.2 Å². The molecule has 0 heterocycles. The van der Waals surface area contributed by atoms with E-state index in [1.807, 2.05) is 13.8 Å². The van der Waals surface area contributed by atoms with Gasteiger partial charge in [0.1, 0.15) is 11.5 Å². The first kappa shape index (κ1) is 24.6. The second kappa shape index (κ2) is 10.0. The summed E-state index contributed by atoms with van der Waals surface area (Å²) in [5.74, 6) is -6.69. The summed E-state index contributed by atoms with van der Waals surface area (Å²) in [5, 5.41) is 45.4. The third-order valence-electron chi connectivity index (χ3n) is 3.17. The summed E-state index contributed by atoms with van der Waals surface area (Å²) >= 11 is 3.21. The second-order valence-electron chi connectivity index (χ2n) is 5.10. The van der Waals surface area contributed by atoms with E-state index in [-0.39, 0.29) is 17.1 Å². The molecule has 0 aromatic heterocycles. The van der Waals surface area contributed by atoms with Crippen LogP contribution in [0, 0.1) is 0 Å². The lowest BCUT2D eigenvalue weighted by molar-refractivity contribution is -0.382. The van der Waals surface area contributed by atoms with Crippen molar-refractivity contribution in [3.8, 4) is 11.5 Å². The zero-order chi connectivity index (χ0) is 20.7. The number of ether oxygens (including phenoxy) is 2. The molecule has 0 aliphatic rings. The van der Waals surface area contributed by atoms with Crippen LogP contribution >= 0.6 is 15.9 Å². The van der Waals surface area contributed by atoms with Gasteiger partial charge < -0.3 is 35.2 Å². The highest BCUT2D eigenvalue weighted by Gasteiger charge is 2.51. The lowest BCUT2D eigenvalue weighted by Gasteiger charge is -2.38. The summed E-state index contributed by atoms with van der Waals surface area (Å²) in [6.07, 6.45) is -0.973. The first-order valence-electron chi connectivity index (χ1n) is 7.82. The molecule has 1 rings (SSSR count). The van der Waals surface area contributed by atoms with Crippen LogP contribution in [-0.4, -0.2) is 52.6 Å². The highest BCUT2D eigenvalue weighted by Crippen LogP contribution is 2.40. The lowest BCUT2D eigenvalue weighted by Crippen LogP contribution is -2.66. The normalized spacial score (nSPS) is 12.6. The Kier molecular flexibility index (Phi) is 9.49. The van der Waals surface area contributed by atoms with Crippen molar-refractivity contribution < 1.29 is 34.7 Å². The Morgan fingerprint density at radius 3 is 2.04 bits per heavy atom. The number of benzene rings is 1. The van der Waals surface area contributed by atoms with Crippen molar-refractivity contribution in [3.05, 3.63) is 22.2 Å². The van der Waals surface area contributed by atoms with Crippen molar-refractivity contribution in [1.29, 1.82) is 0 Å². The summed E-state index contributed by atoms with van der Waals surface area (Å²) in [4.78, 5) is 11.0. The van der Waals surface area contributed by atoms with Gasteiger partial charge in [-0.05, 0) is 35.0 Å². The molecule has 1 atom stereocenters. The molecular formula is C16H27BrN2O7. The minimum absolute atomic E-state index is 0.0332. The fourth-order valence-electron chi connectivity index (χ4n) is 2.06. The SMILES string of the molecule is CC.COc1cc(C(O)(O)C(O)(O)NC(C)NC(C)=O)c(OC)cc1Br. The van der Waals surface area contributed by atoms with Crippen LogP contribution < -0.4 is 20.1 Å². The minimum atomic E-state index is -3.22. The second-order valence-corrected chi connectivity index (χ2v) is 5.95. The van der Waals surface area contributed by atoms with Gasteiger partial charge in [0.15, 0.2) is 0 Å². The Balaban J connectivity index is 0.00000301. The van der Waals surface area contributed by atoms with Crippen molar-refractivity contribution in [1.82, 2.24) is 10.6 Å². The van der Waals surface area contributed by atoms with Crippen molar-refractivity contribution in [2.45, 2.75) is 45.6 Å². The molecule has 26 heavy (non-hydrogen) atoms. The van der Waals surface area contributed by atoms with Crippen LogP contribution in [0.25, 0.3) is 0 Å². The summed E-state index contributed by atoms with van der Waals surface area (Å²) in [7, 11) is 2.63. The van der Waals surface area contributed by atoms with Gasteiger partial charge in [0.05, 0.1) is 30.4 Å². The average molecular weight is 439 g/mol. The Morgan fingerprint density at radius 2 is 1.62 bits per heavy atom. The van der Waals surface area contributed by atoms with Crippen molar-refractivity contribution in [3.63, 3.8) is 0 Å². The van der Waals surface area contributed by atoms with Gasteiger partial charge in [-0.3, -0.25) is 4.79 Å². The molecule has 0 aliphatic heterocycles. The minimum Gasteiger partial charge on any atom is -0.496 e. The Bertz CT molecular complexity index is 609. The van der Waals surface area contributed by atoms with Gasteiger partial charge in [0.25, 0.3) is 11.7 Å². The molecule has 0 radical (unpaired) electrons. The molecule has 1 aromatic carbocycles. The molecule has 1 aromatic rings. The van der Waals surface area contributed by atoms with Crippen LogP contribution in [-0.2, 0) is 10.6 Å². The smallest absolute Gasteiger partial charge is 0.285 e. The standard InChI is InChI=1S/C14H21BrN2O7.C2H6/c1-7(16-8(2)18)17-14(21,22)13(19,20)9-5-12(24-4)10(15)6-11(9)23-3;1-2/h5-7,17,19-22H,1-4H3,(H,16,18);1-2H3. The van der Waals surface area contributed by atoms with E-state index in [0.29, 0.717) is 4.47 Å². The number of hydrogen-bond donors (Lipinski definition) is 6. The maximum absolute atomic E-state index is 11.0. The molecule has 0 fully saturated rings. The predicted molar refractivity (Wildman–Crippen MR) is 98.3 cm³/mol. The number of aliphatic hydroxyl groups is 4. The molecule has 6 N–H and O–H groups in total. The van der Waals surface area contributed by atoms with E-state index in [2.05, 4.69) is 26.6 Å². The number of halogens is 1. The molecule has 0 aliphatic carbocycles. The van der Waals surface area contributed by atoms with Gasteiger partial charge >= 0.3 is 0 Å². The van der Waals surface area contributed by atoms with E-state index in [9.17, 15) is 25.2 Å². The van der Waals surface area contributed by atoms with E-state index in [4.69, 9.17) is 9.47 Å². The Labute approximate surface area is 161 Å². The van der Waals surface area contributed by atoms with Gasteiger partial charge in [-0.1, -0.05) is 13.8 Å². The molecule has 1 unspecified atom stereocenters. The van der Waals surface area contributed by atoms with Crippen LogP contribution in [0.15, 0.2) is 16.6 Å². The number of amides is 1. The molecular weight excluding hydrogens is 412 g/mol. The van der Waals surface area contributed by atoms with Crippen LogP contribution in [0.3, 0.4) is 0 Å². The van der Waals surface area contributed by atoms with Gasteiger partial charge in [0.2, 0.25) is 5.91 Å². The molecule has 150 valence electrons. The first-order valence-corrected chi connectivity index (χ1v) is 8.61. The molecule has 0 spiro atoms. The zero-order valence-corrected chi connectivity index (χ0v) is 17.2. The van der Waals surface area contributed by atoms with Gasteiger partial charge in [-0.2, -0.15) is 0 Å². The highest BCUT2D eigenvalue weighted by atomic mass is 79.9. The number of rotatable bonds is 7. The Morgan fingerprint density at radius 1 is 1.12 bits per heavy atom. The summed E-state index contributed by atoms with van der Waals surface area (Å²) in [6, 6.07) is 2.55. The molecule has 0 saturated heterocycles. The summed E-state index contributed by atoms with van der Waals surface area (Å²) in [5.41, 5.74) is -0.363. The highest BCUT2D eigenvalue weighted by molar-refractivity contribution is 9.10. The number of nitrogens with one attached hydrogen (secondary N) is 2. The lowest BCUT2D eigenvalue weighted by atomic mass is 10.00. The van der Waals surface area contributed by atoms with E-state index in [0.717, 1.165) is 0 Å². The van der Waals surface area contributed by atoms with Crippen LogP contribution in [0.5, 0.6) is 11.5 Å². The van der Waals surface area contributed by atoms with E-state index in [1.54, 1.807) is 0 Å². The number of carbonyl (C=O) groups excluding carboxylic acids is 1. The van der Waals surface area contributed by atoms with Gasteiger partial charge in [-0.15, -0.1) is 0 Å².